The summed E-state index contributed by atoms with van der Waals surface area (Å²) >= 11 is 4.75. The van der Waals surface area contributed by atoms with Gasteiger partial charge in [-0.05, 0) is 60.2 Å². The van der Waals surface area contributed by atoms with E-state index >= 15 is 0 Å². The van der Waals surface area contributed by atoms with E-state index in [0.29, 0.717) is 0 Å². The Kier molecular flexibility index (Phi) is 0.655. The molecule has 5 rings (SSSR count). The van der Waals surface area contributed by atoms with Crippen molar-refractivity contribution in [2.75, 3.05) is 0 Å². The van der Waals surface area contributed by atoms with E-state index in [9.17, 15) is 0 Å². The Hall–Kier alpha value is 0.350. The van der Waals surface area contributed by atoms with Crippen LogP contribution in [0.5, 0.6) is 0 Å². The third kappa shape index (κ3) is 0.295. The minimum atomic E-state index is 0.799. The lowest BCUT2D eigenvalue weighted by Gasteiger charge is -2.61. The SMILES string of the molecule is SC1CCC2C1C1C3CC4C3C241. The fraction of sp³-hybridized carbons (Fsp3) is 1.00. The van der Waals surface area contributed by atoms with Crippen molar-refractivity contribution in [3.8, 4) is 0 Å². The summed E-state index contributed by atoms with van der Waals surface area (Å²) in [5.41, 5.74) is 0.993. The second-order valence-corrected chi connectivity index (χ2v) is 6.55. The molecule has 5 saturated carbocycles. The third-order valence-electron chi connectivity index (χ3n) is 6.31. The second-order valence-electron chi connectivity index (χ2n) is 5.89. The first-order valence-electron chi connectivity index (χ1n) is 5.55. The lowest BCUT2D eigenvalue weighted by Crippen LogP contribution is -2.58. The van der Waals surface area contributed by atoms with Crippen LogP contribution in [0.4, 0.5) is 0 Å². The molecule has 0 bridgehead atoms. The standard InChI is InChI=1S/C11H14S/c12-7-2-1-5-8(7)10-4-3-6-9(4)11(5,6)10/h4-10,12H,1-3H2. The van der Waals surface area contributed by atoms with E-state index in [4.69, 9.17) is 12.6 Å². The van der Waals surface area contributed by atoms with Gasteiger partial charge in [0.15, 0.2) is 0 Å². The van der Waals surface area contributed by atoms with Crippen LogP contribution in [0, 0.1) is 40.9 Å². The summed E-state index contributed by atoms with van der Waals surface area (Å²) in [4.78, 5) is 0. The summed E-state index contributed by atoms with van der Waals surface area (Å²) in [6, 6.07) is 0. The van der Waals surface area contributed by atoms with Crippen LogP contribution in [0.15, 0.2) is 0 Å². The molecule has 8 unspecified atom stereocenters. The normalized spacial score (nSPS) is 85.2. The molecule has 0 aliphatic heterocycles. The average molecular weight is 178 g/mol. The van der Waals surface area contributed by atoms with Crippen LogP contribution in [0.1, 0.15) is 19.3 Å². The van der Waals surface area contributed by atoms with Crippen LogP contribution < -0.4 is 0 Å². The lowest BCUT2D eigenvalue weighted by molar-refractivity contribution is -0.133. The number of hydrogen-bond acceptors (Lipinski definition) is 1. The predicted molar refractivity (Wildman–Crippen MR) is 50.0 cm³/mol. The maximum atomic E-state index is 4.75. The Bertz CT molecular complexity index is 283. The third-order valence-corrected chi connectivity index (χ3v) is 6.91. The molecular weight excluding hydrogens is 164 g/mol. The molecule has 64 valence electrons. The minimum absolute atomic E-state index is 0.799. The van der Waals surface area contributed by atoms with Gasteiger partial charge in [-0.25, -0.2) is 0 Å². The van der Waals surface area contributed by atoms with Gasteiger partial charge in [0.25, 0.3) is 0 Å². The van der Waals surface area contributed by atoms with E-state index in [1.807, 2.05) is 0 Å². The zero-order valence-electron chi connectivity index (χ0n) is 7.11. The predicted octanol–water partition coefficient (Wildman–Crippen LogP) is 2.21. The molecule has 5 aliphatic rings. The number of hydrogen-bond donors (Lipinski definition) is 1. The van der Waals surface area contributed by atoms with Crippen LogP contribution in [-0.4, -0.2) is 5.25 Å². The Morgan fingerprint density at radius 2 is 2.00 bits per heavy atom. The van der Waals surface area contributed by atoms with Gasteiger partial charge in [0.1, 0.15) is 0 Å². The van der Waals surface area contributed by atoms with Crippen LogP contribution >= 0.6 is 12.6 Å². The lowest BCUT2D eigenvalue weighted by atomic mass is 9.44. The van der Waals surface area contributed by atoms with E-state index in [1.54, 1.807) is 6.42 Å². The highest BCUT2D eigenvalue weighted by molar-refractivity contribution is 7.81. The fourth-order valence-electron chi connectivity index (χ4n) is 6.24. The van der Waals surface area contributed by atoms with Gasteiger partial charge in [-0.2, -0.15) is 12.6 Å². The van der Waals surface area contributed by atoms with Gasteiger partial charge in [-0.15, -0.1) is 0 Å². The Morgan fingerprint density at radius 3 is 2.83 bits per heavy atom. The molecule has 0 saturated heterocycles. The molecule has 12 heavy (non-hydrogen) atoms. The van der Waals surface area contributed by atoms with Crippen molar-refractivity contribution >= 4 is 12.6 Å². The van der Waals surface area contributed by atoms with Gasteiger partial charge < -0.3 is 0 Å². The molecule has 1 spiro atoms. The number of thiol groups is 1. The van der Waals surface area contributed by atoms with Crippen LogP contribution in [-0.2, 0) is 0 Å². The molecule has 0 heterocycles. The van der Waals surface area contributed by atoms with Crippen molar-refractivity contribution in [1.29, 1.82) is 0 Å². The molecule has 5 aliphatic carbocycles. The summed E-state index contributed by atoms with van der Waals surface area (Å²) in [5.74, 6) is 7.17. The van der Waals surface area contributed by atoms with Crippen molar-refractivity contribution in [1.82, 2.24) is 0 Å². The largest absolute Gasteiger partial charge is 0.176 e. The van der Waals surface area contributed by atoms with Gasteiger partial charge in [0, 0.05) is 5.25 Å². The van der Waals surface area contributed by atoms with E-state index < -0.39 is 0 Å². The Balaban J connectivity index is 1.67. The van der Waals surface area contributed by atoms with Gasteiger partial charge in [0.05, 0.1) is 0 Å². The summed E-state index contributed by atoms with van der Waals surface area (Å²) in [5, 5.41) is 0.799. The summed E-state index contributed by atoms with van der Waals surface area (Å²) < 4.78 is 0. The molecule has 0 aromatic carbocycles. The first-order valence-corrected chi connectivity index (χ1v) is 6.06. The molecule has 0 amide bonds. The maximum Gasteiger partial charge on any atom is 0.00510 e. The van der Waals surface area contributed by atoms with Crippen molar-refractivity contribution in [2.24, 2.45) is 40.9 Å². The maximum absolute atomic E-state index is 4.75. The zero-order valence-corrected chi connectivity index (χ0v) is 8.00. The molecule has 8 atom stereocenters. The van der Waals surface area contributed by atoms with Gasteiger partial charge in [-0.1, -0.05) is 0 Å². The monoisotopic (exact) mass is 178 g/mol. The number of rotatable bonds is 0. The summed E-state index contributed by atoms with van der Waals surface area (Å²) in [7, 11) is 0. The molecule has 0 aromatic rings. The first kappa shape index (κ1) is 5.95. The van der Waals surface area contributed by atoms with Crippen LogP contribution in [0.3, 0.4) is 0 Å². The first-order chi connectivity index (χ1) is 5.87. The molecule has 0 nitrogen and oxygen atoms in total. The summed E-state index contributed by atoms with van der Waals surface area (Å²) in [6.07, 6.45) is 4.60. The highest BCUT2D eigenvalue weighted by Crippen LogP contribution is 3.00. The highest BCUT2D eigenvalue weighted by Gasteiger charge is 2.96. The van der Waals surface area contributed by atoms with Crippen LogP contribution in [0.25, 0.3) is 0 Å². The Morgan fingerprint density at radius 1 is 1.08 bits per heavy atom. The quantitative estimate of drug-likeness (QED) is 0.540. The van der Waals surface area contributed by atoms with Crippen LogP contribution in [0.2, 0.25) is 0 Å². The molecule has 5 fully saturated rings. The van der Waals surface area contributed by atoms with Crippen molar-refractivity contribution < 1.29 is 0 Å². The summed E-state index contributed by atoms with van der Waals surface area (Å²) in [6.45, 7) is 0. The van der Waals surface area contributed by atoms with Crippen molar-refractivity contribution in [3.63, 3.8) is 0 Å². The minimum Gasteiger partial charge on any atom is -0.176 e. The molecule has 0 N–H and O–H groups in total. The second kappa shape index (κ2) is 1.32. The molecule has 0 aromatic heterocycles. The molecule has 1 heteroatoms. The zero-order chi connectivity index (χ0) is 7.66. The van der Waals surface area contributed by atoms with E-state index in [0.717, 1.165) is 16.6 Å². The smallest absolute Gasteiger partial charge is 0.00510 e. The van der Waals surface area contributed by atoms with E-state index in [1.165, 1.54) is 42.4 Å². The molecular formula is C11H14S. The van der Waals surface area contributed by atoms with Gasteiger partial charge in [-0.3, -0.25) is 0 Å². The fourth-order valence-corrected chi connectivity index (χ4v) is 6.78. The van der Waals surface area contributed by atoms with Gasteiger partial charge in [0.2, 0.25) is 0 Å². The van der Waals surface area contributed by atoms with E-state index in [-0.39, 0.29) is 0 Å². The van der Waals surface area contributed by atoms with E-state index in [2.05, 4.69) is 0 Å². The average Bonchev–Trinajstić information content (AvgIpc) is 2.26. The van der Waals surface area contributed by atoms with Crippen molar-refractivity contribution in [3.05, 3.63) is 0 Å². The topological polar surface area (TPSA) is 0 Å². The highest BCUT2D eigenvalue weighted by atomic mass is 32.1. The van der Waals surface area contributed by atoms with Crippen molar-refractivity contribution in [2.45, 2.75) is 24.5 Å². The van der Waals surface area contributed by atoms with Gasteiger partial charge >= 0.3 is 0 Å². The number of fused-ring (bicyclic) bond motifs is 3. The Labute approximate surface area is 78.5 Å². The molecule has 0 radical (unpaired) electrons.